The molecular weight excluding hydrogens is 450 g/mol. The summed E-state index contributed by atoms with van der Waals surface area (Å²) < 4.78 is 5.38. The number of nitrogens with one attached hydrogen (secondary N) is 1. The van der Waals surface area contributed by atoms with Crippen LogP contribution >= 0.6 is 11.3 Å². The van der Waals surface area contributed by atoms with Gasteiger partial charge in [-0.3, -0.25) is 14.4 Å². The van der Waals surface area contributed by atoms with E-state index in [2.05, 4.69) is 11.9 Å². The van der Waals surface area contributed by atoms with Crippen LogP contribution in [0.2, 0.25) is 0 Å². The molecule has 0 saturated carbocycles. The lowest BCUT2D eigenvalue weighted by Crippen LogP contribution is -2.55. The summed E-state index contributed by atoms with van der Waals surface area (Å²) in [5.41, 5.74) is 2.23. The number of quaternary nitrogens is 1. The maximum Gasteiger partial charge on any atom is 0.279 e. The van der Waals surface area contributed by atoms with Crippen molar-refractivity contribution in [1.82, 2.24) is 4.90 Å². The second-order valence-corrected chi connectivity index (χ2v) is 10.5. The van der Waals surface area contributed by atoms with Crippen molar-refractivity contribution >= 4 is 34.6 Å². The summed E-state index contributed by atoms with van der Waals surface area (Å²) in [6, 6.07) is 0. The second-order valence-electron chi connectivity index (χ2n) is 9.60. The van der Waals surface area contributed by atoms with Crippen LogP contribution in [0.3, 0.4) is 0 Å². The highest BCUT2D eigenvalue weighted by molar-refractivity contribution is 7.13. The normalized spacial score (nSPS) is 18.0. The molecule has 0 aliphatic carbocycles. The summed E-state index contributed by atoms with van der Waals surface area (Å²) in [7, 11) is 1.56. The number of hydrogen-bond acceptors (Lipinski definition) is 5. The van der Waals surface area contributed by atoms with Gasteiger partial charge in [0, 0.05) is 19.5 Å². The van der Waals surface area contributed by atoms with Crippen molar-refractivity contribution in [2.24, 2.45) is 0 Å². The number of hydrogen-bond donors (Lipinski definition) is 1. The number of likely N-dealkylation sites (tertiary alicyclic amines) is 2. The fraction of sp³-hybridized carbons (Fsp3) is 0.577. The van der Waals surface area contributed by atoms with Gasteiger partial charge in [0.15, 0.2) is 12.3 Å². The fourth-order valence-electron chi connectivity index (χ4n) is 4.94. The zero-order valence-electron chi connectivity index (χ0n) is 20.6. The van der Waals surface area contributed by atoms with Crippen LogP contribution in [0.15, 0.2) is 29.9 Å². The van der Waals surface area contributed by atoms with Crippen LogP contribution in [-0.2, 0) is 14.3 Å². The van der Waals surface area contributed by atoms with Crippen LogP contribution in [0.5, 0.6) is 0 Å². The van der Waals surface area contributed by atoms with Crippen LogP contribution in [0.25, 0.3) is 0 Å². The van der Waals surface area contributed by atoms with E-state index >= 15 is 0 Å². The lowest BCUT2D eigenvalue weighted by molar-refractivity contribution is -0.912. The molecule has 3 heterocycles. The lowest BCUT2D eigenvalue weighted by Gasteiger charge is -2.36. The van der Waals surface area contributed by atoms with Gasteiger partial charge in [-0.05, 0) is 68.0 Å². The zero-order chi connectivity index (χ0) is 24.6. The first-order valence-corrected chi connectivity index (χ1v) is 13.1. The largest absolute Gasteiger partial charge is 0.504 e. The molecule has 1 aromatic rings. The Hall–Kier alpha value is -2.45. The Labute approximate surface area is 207 Å². The van der Waals surface area contributed by atoms with E-state index in [4.69, 9.17) is 4.74 Å². The SMILES string of the molecule is C=C(/C=C\OC)CC(=O)C[N+]1(CC(=O)Nc2c(C)csc2C(=O)N2CCCC2)CCCCCC1. The first-order valence-electron chi connectivity index (χ1n) is 12.2. The van der Waals surface area contributed by atoms with Gasteiger partial charge < -0.3 is 19.4 Å². The van der Waals surface area contributed by atoms with Crippen molar-refractivity contribution in [1.29, 1.82) is 0 Å². The number of ether oxygens (including phenoxy) is 1. The Bertz CT molecular complexity index is 922. The molecule has 186 valence electrons. The van der Waals surface area contributed by atoms with Crippen molar-refractivity contribution in [2.75, 3.05) is 51.7 Å². The standard InChI is InChI=1S/C26H37N3O4S/c1-20(10-15-33-3)16-22(30)17-29(13-8-4-5-9-14-29)18-23(31)27-24-21(2)19-34-25(24)26(32)28-11-6-7-12-28/h10,15,19H,1,4-9,11-14,16-18H2,2-3H3/p+1/b15-10-. The summed E-state index contributed by atoms with van der Waals surface area (Å²) in [6.45, 7) is 9.57. The molecule has 0 unspecified atom stereocenters. The number of ketones is 1. The van der Waals surface area contributed by atoms with E-state index in [0.717, 1.165) is 70.3 Å². The first-order chi connectivity index (χ1) is 16.3. The smallest absolute Gasteiger partial charge is 0.279 e. The maximum absolute atomic E-state index is 13.3. The number of carbonyl (C=O) groups is 3. The number of carbonyl (C=O) groups excluding carboxylic acids is 3. The molecule has 1 aromatic heterocycles. The van der Waals surface area contributed by atoms with E-state index < -0.39 is 0 Å². The number of Topliss-reactive ketones (excluding diaryl/α,β-unsaturated/α-hetero) is 1. The molecule has 2 fully saturated rings. The minimum atomic E-state index is -0.134. The predicted molar refractivity (Wildman–Crippen MR) is 136 cm³/mol. The van der Waals surface area contributed by atoms with E-state index in [0.29, 0.717) is 27.2 Å². The number of amides is 2. The molecule has 2 aliphatic heterocycles. The molecule has 0 aromatic carbocycles. The zero-order valence-corrected chi connectivity index (χ0v) is 21.4. The molecule has 0 atom stereocenters. The Morgan fingerprint density at radius 1 is 1.12 bits per heavy atom. The van der Waals surface area contributed by atoms with Gasteiger partial charge >= 0.3 is 0 Å². The molecule has 2 aliphatic rings. The average Bonchev–Trinajstić information content (AvgIpc) is 3.39. The highest BCUT2D eigenvalue weighted by Gasteiger charge is 2.34. The topological polar surface area (TPSA) is 75.7 Å². The third-order valence-electron chi connectivity index (χ3n) is 6.70. The van der Waals surface area contributed by atoms with Crippen molar-refractivity contribution < 1.29 is 23.6 Å². The molecule has 0 radical (unpaired) electrons. The van der Waals surface area contributed by atoms with Crippen LogP contribution in [0.1, 0.15) is 60.2 Å². The van der Waals surface area contributed by atoms with E-state index in [1.165, 1.54) is 17.6 Å². The molecule has 34 heavy (non-hydrogen) atoms. The highest BCUT2D eigenvalue weighted by atomic mass is 32.1. The quantitative estimate of drug-likeness (QED) is 0.303. The number of aryl methyl sites for hydroxylation is 1. The van der Waals surface area contributed by atoms with Crippen molar-refractivity contribution in [2.45, 2.75) is 51.9 Å². The molecule has 1 N–H and O–H groups in total. The van der Waals surface area contributed by atoms with Gasteiger partial charge in [-0.1, -0.05) is 6.58 Å². The fourth-order valence-corrected chi connectivity index (χ4v) is 5.91. The molecule has 2 amide bonds. The van der Waals surface area contributed by atoms with E-state index in [9.17, 15) is 14.4 Å². The minimum Gasteiger partial charge on any atom is -0.504 e. The number of allylic oxidation sites excluding steroid dienone is 2. The molecule has 8 heteroatoms. The number of thiophene rings is 1. The minimum absolute atomic E-state index is 0.00220. The number of rotatable bonds is 10. The summed E-state index contributed by atoms with van der Waals surface area (Å²) >= 11 is 1.39. The monoisotopic (exact) mass is 488 g/mol. The number of methoxy groups -OCH3 is 1. The van der Waals surface area contributed by atoms with Crippen LogP contribution < -0.4 is 5.32 Å². The van der Waals surface area contributed by atoms with Crippen LogP contribution in [0.4, 0.5) is 5.69 Å². The summed E-state index contributed by atoms with van der Waals surface area (Å²) in [5.74, 6) is -0.0517. The summed E-state index contributed by atoms with van der Waals surface area (Å²) in [5, 5.41) is 4.98. The highest BCUT2D eigenvalue weighted by Crippen LogP contribution is 2.30. The molecule has 0 spiro atoms. The molecule has 0 bridgehead atoms. The van der Waals surface area contributed by atoms with Gasteiger partial charge in [-0.25, -0.2) is 0 Å². The lowest BCUT2D eigenvalue weighted by atomic mass is 10.1. The third kappa shape index (κ3) is 7.03. The number of nitrogens with zero attached hydrogens (tertiary/aromatic N) is 2. The Balaban J connectivity index is 1.71. The van der Waals surface area contributed by atoms with Crippen molar-refractivity contribution in [3.05, 3.63) is 40.3 Å². The molecule has 3 rings (SSSR count). The number of anilines is 1. The van der Waals surface area contributed by atoms with Crippen LogP contribution in [0, 0.1) is 6.92 Å². The molecule has 7 nitrogen and oxygen atoms in total. The van der Waals surface area contributed by atoms with Crippen molar-refractivity contribution in [3.8, 4) is 0 Å². The van der Waals surface area contributed by atoms with Crippen molar-refractivity contribution in [3.63, 3.8) is 0 Å². The van der Waals surface area contributed by atoms with Gasteiger partial charge in [0.2, 0.25) is 0 Å². The van der Waals surface area contributed by atoms with Gasteiger partial charge in [-0.15, -0.1) is 11.3 Å². The summed E-state index contributed by atoms with van der Waals surface area (Å²) in [6.07, 6.45) is 9.77. The Morgan fingerprint density at radius 3 is 2.44 bits per heavy atom. The Morgan fingerprint density at radius 2 is 1.79 bits per heavy atom. The summed E-state index contributed by atoms with van der Waals surface area (Å²) in [4.78, 5) is 41.7. The maximum atomic E-state index is 13.3. The van der Waals surface area contributed by atoms with Gasteiger partial charge in [0.25, 0.3) is 11.8 Å². The van der Waals surface area contributed by atoms with E-state index in [-0.39, 0.29) is 30.6 Å². The molecule has 2 saturated heterocycles. The van der Waals surface area contributed by atoms with E-state index in [1.54, 1.807) is 13.2 Å². The van der Waals surface area contributed by atoms with Gasteiger partial charge in [-0.2, -0.15) is 0 Å². The van der Waals surface area contributed by atoms with Gasteiger partial charge in [0.05, 0.1) is 32.1 Å². The molecular formula is C26H38N3O4S+. The predicted octanol–water partition coefficient (Wildman–Crippen LogP) is 4.30. The van der Waals surface area contributed by atoms with E-state index in [1.807, 2.05) is 17.2 Å². The van der Waals surface area contributed by atoms with Gasteiger partial charge in [0.1, 0.15) is 11.4 Å². The average molecular weight is 489 g/mol. The van der Waals surface area contributed by atoms with Crippen LogP contribution in [-0.4, -0.2) is 73.4 Å². The first kappa shape index (κ1) is 26.2. The third-order valence-corrected chi connectivity index (χ3v) is 7.78. The Kier molecular flexibility index (Phi) is 9.47. The second kappa shape index (κ2) is 12.3.